The molecule has 0 spiro atoms. The molecule has 1 saturated carbocycles. The van der Waals surface area contributed by atoms with Gasteiger partial charge in [0.25, 0.3) is 0 Å². The fraction of sp³-hybridized carbons (Fsp3) is 0.875. The summed E-state index contributed by atoms with van der Waals surface area (Å²) in [7, 11) is 1.62. The minimum Gasteiger partial charge on any atom is -0.383 e. The topological polar surface area (TPSA) is 79.5 Å². The Morgan fingerprint density at radius 2 is 1.83 bits per heavy atom. The van der Waals surface area contributed by atoms with E-state index in [1.165, 1.54) is 0 Å². The predicted molar refractivity (Wildman–Crippen MR) is 93.9 cm³/mol. The normalized spacial score (nSPS) is 16.3. The summed E-state index contributed by atoms with van der Waals surface area (Å²) in [6.07, 6.45) is 6.57. The van der Waals surface area contributed by atoms with Gasteiger partial charge >= 0.3 is 0 Å². The number of halogens is 1. The zero-order valence-corrected chi connectivity index (χ0v) is 15.2. The average Bonchev–Trinajstić information content (AvgIpc) is 2.52. The van der Waals surface area contributed by atoms with Crippen LogP contribution in [0.15, 0.2) is 0 Å². The van der Waals surface area contributed by atoms with Gasteiger partial charge in [-0.25, -0.2) is 0 Å². The zero-order chi connectivity index (χ0) is 16.3. The summed E-state index contributed by atoms with van der Waals surface area (Å²) in [5, 5.41) is 8.98. The van der Waals surface area contributed by atoms with E-state index in [1.54, 1.807) is 7.11 Å². The third kappa shape index (κ3) is 7.99. The maximum atomic E-state index is 12.5. The van der Waals surface area contributed by atoms with Crippen LogP contribution in [0.2, 0.25) is 0 Å². The third-order valence-electron chi connectivity index (χ3n) is 4.10. The Balaban J connectivity index is 0.00000484. The van der Waals surface area contributed by atoms with Crippen LogP contribution < -0.4 is 16.0 Å². The van der Waals surface area contributed by atoms with E-state index in [2.05, 4.69) is 22.9 Å². The molecule has 1 aliphatic carbocycles. The molecule has 0 aromatic rings. The number of carbonyl (C=O) groups excluding carboxylic acids is 2. The molecule has 23 heavy (non-hydrogen) atoms. The molecule has 0 aliphatic heterocycles. The molecule has 0 heterocycles. The molecule has 0 saturated heterocycles. The smallest absolute Gasteiger partial charge is 0.245 e. The monoisotopic (exact) mass is 349 g/mol. The highest BCUT2D eigenvalue weighted by molar-refractivity contribution is 5.92. The van der Waals surface area contributed by atoms with Gasteiger partial charge in [0.2, 0.25) is 11.8 Å². The third-order valence-corrected chi connectivity index (χ3v) is 4.10. The van der Waals surface area contributed by atoms with Gasteiger partial charge in [-0.05, 0) is 19.3 Å². The quantitative estimate of drug-likeness (QED) is 0.521. The van der Waals surface area contributed by atoms with E-state index in [-0.39, 0.29) is 30.8 Å². The Kier molecular flexibility index (Phi) is 12.1. The summed E-state index contributed by atoms with van der Waals surface area (Å²) in [4.78, 5) is 24.7. The maximum absolute atomic E-state index is 12.5. The summed E-state index contributed by atoms with van der Waals surface area (Å²) in [5.74, 6) is -0.144. The average molecular weight is 350 g/mol. The molecular formula is C16H32ClN3O3. The highest BCUT2D eigenvalue weighted by Gasteiger charge is 2.40. The molecule has 1 aliphatic rings. The van der Waals surface area contributed by atoms with Crippen molar-refractivity contribution in [3.63, 3.8) is 0 Å². The second-order valence-corrected chi connectivity index (χ2v) is 5.97. The molecule has 1 rings (SSSR count). The van der Waals surface area contributed by atoms with Crippen molar-refractivity contribution in [2.75, 3.05) is 33.4 Å². The van der Waals surface area contributed by atoms with Crippen LogP contribution in [0.5, 0.6) is 0 Å². The van der Waals surface area contributed by atoms with Gasteiger partial charge in [0.05, 0.1) is 13.2 Å². The molecule has 2 amide bonds. The highest BCUT2D eigenvalue weighted by atomic mass is 35.5. The predicted octanol–water partition coefficient (Wildman–Crippen LogP) is 1.38. The van der Waals surface area contributed by atoms with Crippen LogP contribution >= 0.6 is 12.4 Å². The Morgan fingerprint density at radius 3 is 2.43 bits per heavy atom. The minimum atomic E-state index is -0.716. The van der Waals surface area contributed by atoms with Gasteiger partial charge < -0.3 is 20.7 Å². The Morgan fingerprint density at radius 1 is 1.13 bits per heavy atom. The lowest BCUT2D eigenvalue weighted by molar-refractivity contribution is -0.134. The second-order valence-electron chi connectivity index (χ2n) is 5.97. The molecule has 0 atom stereocenters. The van der Waals surface area contributed by atoms with Crippen molar-refractivity contribution in [2.24, 2.45) is 0 Å². The van der Waals surface area contributed by atoms with E-state index < -0.39 is 5.54 Å². The molecule has 136 valence electrons. The van der Waals surface area contributed by atoms with E-state index in [4.69, 9.17) is 4.74 Å². The number of ether oxygens (including phenoxy) is 1. The molecule has 7 heteroatoms. The number of methoxy groups -OCH3 is 1. The lowest BCUT2D eigenvalue weighted by atomic mass is 9.80. The van der Waals surface area contributed by atoms with E-state index in [9.17, 15) is 9.59 Å². The SMILES string of the molecule is CCCCNC(=O)C1(NC(=O)CNCCOC)CCCCC1.Cl. The van der Waals surface area contributed by atoms with Gasteiger partial charge in [0, 0.05) is 20.2 Å². The molecule has 0 radical (unpaired) electrons. The number of unbranched alkanes of at least 4 members (excludes halogenated alkanes) is 1. The standard InChI is InChI=1S/C16H31N3O3.ClH/c1-3-4-10-18-15(21)16(8-6-5-7-9-16)19-14(20)13-17-11-12-22-2;/h17H,3-13H2,1-2H3,(H,18,21)(H,19,20);1H. The number of carbonyl (C=O) groups is 2. The number of rotatable bonds is 10. The first kappa shape index (κ1) is 22.1. The van der Waals surface area contributed by atoms with Crippen molar-refractivity contribution >= 4 is 24.2 Å². The van der Waals surface area contributed by atoms with E-state index >= 15 is 0 Å². The Labute approximate surface area is 145 Å². The number of hydrogen-bond acceptors (Lipinski definition) is 4. The van der Waals surface area contributed by atoms with Crippen LogP contribution in [-0.4, -0.2) is 50.7 Å². The zero-order valence-electron chi connectivity index (χ0n) is 14.4. The maximum Gasteiger partial charge on any atom is 0.245 e. The molecular weight excluding hydrogens is 318 g/mol. The van der Waals surface area contributed by atoms with Crippen molar-refractivity contribution in [2.45, 2.75) is 57.4 Å². The first-order valence-electron chi connectivity index (χ1n) is 8.43. The minimum absolute atomic E-state index is 0. The van der Waals surface area contributed by atoms with Gasteiger partial charge in [-0.1, -0.05) is 32.6 Å². The largest absolute Gasteiger partial charge is 0.383 e. The van der Waals surface area contributed by atoms with Gasteiger partial charge in [-0.2, -0.15) is 0 Å². The molecule has 0 unspecified atom stereocenters. The number of nitrogens with one attached hydrogen (secondary N) is 3. The summed E-state index contributed by atoms with van der Waals surface area (Å²) in [5.41, 5.74) is -0.716. The van der Waals surface area contributed by atoms with Crippen LogP contribution in [-0.2, 0) is 14.3 Å². The first-order chi connectivity index (χ1) is 10.6. The van der Waals surface area contributed by atoms with Crippen LogP contribution in [0.1, 0.15) is 51.9 Å². The Bertz CT molecular complexity index is 347. The molecule has 0 aromatic carbocycles. The summed E-state index contributed by atoms with van der Waals surface area (Å²) < 4.78 is 4.93. The van der Waals surface area contributed by atoms with Crippen molar-refractivity contribution in [3.8, 4) is 0 Å². The van der Waals surface area contributed by atoms with Gasteiger partial charge in [-0.15, -0.1) is 12.4 Å². The van der Waals surface area contributed by atoms with Crippen LogP contribution in [0.3, 0.4) is 0 Å². The second kappa shape index (κ2) is 12.6. The van der Waals surface area contributed by atoms with Crippen LogP contribution in [0, 0.1) is 0 Å². The van der Waals surface area contributed by atoms with Gasteiger partial charge in [0.15, 0.2) is 0 Å². The molecule has 1 fully saturated rings. The fourth-order valence-electron chi connectivity index (χ4n) is 2.80. The summed E-state index contributed by atoms with van der Waals surface area (Å²) in [6.45, 7) is 4.18. The lowest BCUT2D eigenvalue weighted by Gasteiger charge is -2.36. The van der Waals surface area contributed by atoms with Crippen LogP contribution in [0.4, 0.5) is 0 Å². The summed E-state index contributed by atoms with van der Waals surface area (Å²) in [6, 6.07) is 0. The van der Waals surface area contributed by atoms with Crippen molar-refractivity contribution in [1.82, 2.24) is 16.0 Å². The fourth-order valence-corrected chi connectivity index (χ4v) is 2.80. The number of amides is 2. The molecule has 3 N–H and O–H groups in total. The van der Waals surface area contributed by atoms with E-state index in [0.29, 0.717) is 19.7 Å². The van der Waals surface area contributed by atoms with Crippen LogP contribution in [0.25, 0.3) is 0 Å². The molecule has 0 bridgehead atoms. The van der Waals surface area contributed by atoms with Crippen molar-refractivity contribution < 1.29 is 14.3 Å². The molecule has 0 aromatic heterocycles. The van der Waals surface area contributed by atoms with E-state index in [0.717, 1.165) is 44.9 Å². The van der Waals surface area contributed by atoms with Crippen molar-refractivity contribution in [3.05, 3.63) is 0 Å². The van der Waals surface area contributed by atoms with Crippen molar-refractivity contribution in [1.29, 1.82) is 0 Å². The van der Waals surface area contributed by atoms with Gasteiger partial charge in [0.1, 0.15) is 5.54 Å². The Hall–Kier alpha value is -0.850. The first-order valence-corrected chi connectivity index (χ1v) is 8.43. The van der Waals surface area contributed by atoms with Gasteiger partial charge in [-0.3, -0.25) is 9.59 Å². The number of hydrogen-bond donors (Lipinski definition) is 3. The molecule has 6 nitrogen and oxygen atoms in total. The lowest BCUT2D eigenvalue weighted by Crippen LogP contribution is -2.61. The van der Waals surface area contributed by atoms with E-state index in [1.807, 2.05) is 0 Å². The highest BCUT2D eigenvalue weighted by Crippen LogP contribution is 2.28. The summed E-state index contributed by atoms with van der Waals surface area (Å²) >= 11 is 0.